The third-order valence-corrected chi connectivity index (χ3v) is 4.29. The molecule has 1 saturated heterocycles. The fraction of sp³-hybridized carbons (Fsp3) is 0.333. The Morgan fingerprint density at radius 3 is 2.73 bits per heavy atom. The molecular formula is C18H21N3O. The van der Waals surface area contributed by atoms with Crippen LogP contribution in [0.3, 0.4) is 0 Å². The number of rotatable bonds is 3. The molecule has 0 aliphatic carbocycles. The Hall–Kier alpha value is -2.36. The molecule has 2 aromatic rings. The van der Waals surface area contributed by atoms with Crippen LogP contribution in [0, 0.1) is 0 Å². The van der Waals surface area contributed by atoms with Crippen LogP contribution in [0.25, 0.3) is 0 Å². The largest absolute Gasteiger partial charge is 0.336 e. The van der Waals surface area contributed by atoms with Gasteiger partial charge in [0.05, 0.1) is 6.04 Å². The number of carbonyl (C=O) groups excluding carboxylic acids is 1. The molecule has 22 heavy (non-hydrogen) atoms. The summed E-state index contributed by atoms with van der Waals surface area (Å²) in [6.07, 6.45) is 3.86. The van der Waals surface area contributed by atoms with Gasteiger partial charge in [0.25, 0.3) is 0 Å². The van der Waals surface area contributed by atoms with Crippen LogP contribution < -0.4 is 4.90 Å². The van der Waals surface area contributed by atoms with Gasteiger partial charge in [0.2, 0.25) is 5.91 Å². The van der Waals surface area contributed by atoms with E-state index in [1.165, 1.54) is 0 Å². The van der Waals surface area contributed by atoms with Crippen LogP contribution in [0.1, 0.15) is 31.4 Å². The molecule has 4 nitrogen and oxygen atoms in total. The van der Waals surface area contributed by atoms with Crippen molar-refractivity contribution >= 4 is 17.4 Å². The van der Waals surface area contributed by atoms with Gasteiger partial charge < -0.3 is 9.80 Å². The van der Waals surface area contributed by atoms with Gasteiger partial charge in [0, 0.05) is 38.0 Å². The van der Waals surface area contributed by atoms with Gasteiger partial charge in [-0.1, -0.05) is 24.3 Å². The van der Waals surface area contributed by atoms with Crippen LogP contribution in [0.2, 0.25) is 0 Å². The summed E-state index contributed by atoms with van der Waals surface area (Å²) in [4.78, 5) is 20.5. The Morgan fingerprint density at radius 2 is 2.00 bits per heavy atom. The average Bonchev–Trinajstić information content (AvgIpc) is 3.05. The summed E-state index contributed by atoms with van der Waals surface area (Å²) in [6.45, 7) is 2.48. The first kappa shape index (κ1) is 14.6. The van der Waals surface area contributed by atoms with Gasteiger partial charge >= 0.3 is 0 Å². The zero-order valence-corrected chi connectivity index (χ0v) is 13.1. The van der Waals surface area contributed by atoms with E-state index in [9.17, 15) is 4.79 Å². The Labute approximate surface area is 131 Å². The smallest absolute Gasteiger partial charge is 0.219 e. The quantitative estimate of drug-likeness (QED) is 0.869. The minimum absolute atomic E-state index is 0.132. The number of amides is 1. The molecule has 1 aliphatic heterocycles. The molecule has 0 bridgehead atoms. The Morgan fingerprint density at radius 1 is 1.23 bits per heavy atom. The highest BCUT2D eigenvalue weighted by molar-refractivity contribution is 5.75. The van der Waals surface area contributed by atoms with Gasteiger partial charge in [-0.05, 0) is 31.0 Å². The molecule has 0 unspecified atom stereocenters. The fourth-order valence-corrected chi connectivity index (χ4v) is 3.19. The van der Waals surface area contributed by atoms with E-state index in [1.807, 2.05) is 42.4 Å². The van der Waals surface area contributed by atoms with Crippen molar-refractivity contribution in [2.75, 3.05) is 18.5 Å². The summed E-state index contributed by atoms with van der Waals surface area (Å²) in [6, 6.07) is 14.4. The molecule has 0 radical (unpaired) electrons. The Balaban J connectivity index is 1.98. The highest BCUT2D eigenvalue weighted by Gasteiger charge is 2.30. The van der Waals surface area contributed by atoms with Gasteiger partial charge in [0.15, 0.2) is 0 Å². The molecule has 3 rings (SSSR count). The van der Waals surface area contributed by atoms with E-state index in [4.69, 9.17) is 0 Å². The standard InChI is InChI=1S/C18H21N3O/c1-14(22)21-13-7-11-17(21)16-10-6-12-19-18(16)20(2)15-8-4-3-5-9-15/h3-6,8-10,12,17H,7,11,13H2,1-2H3/t17-/m0/s1. The van der Waals surface area contributed by atoms with Crippen molar-refractivity contribution in [1.82, 2.24) is 9.88 Å². The lowest BCUT2D eigenvalue weighted by atomic mass is 10.0. The van der Waals surface area contributed by atoms with Crippen LogP contribution in [0.15, 0.2) is 48.7 Å². The van der Waals surface area contributed by atoms with E-state index in [2.05, 4.69) is 28.1 Å². The number of para-hydroxylation sites is 1. The molecule has 1 aromatic carbocycles. The summed E-state index contributed by atoms with van der Waals surface area (Å²) in [5.41, 5.74) is 2.22. The van der Waals surface area contributed by atoms with E-state index in [-0.39, 0.29) is 11.9 Å². The first-order chi connectivity index (χ1) is 10.7. The molecule has 1 aliphatic rings. The molecule has 1 atom stereocenters. The molecule has 0 spiro atoms. The van der Waals surface area contributed by atoms with Crippen LogP contribution >= 0.6 is 0 Å². The summed E-state index contributed by atoms with van der Waals surface area (Å²) in [5.74, 6) is 1.06. The highest BCUT2D eigenvalue weighted by atomic mass is 16.2. The first-order valence-electron chi connectivity index (χ1n) is 7.69. The Bertz CT molecular complexity index is 656. The number of carbonyl (C=O) groups is 1. The lowest BCUT2D eigenvalue weighted by molar-refractivity contribution is -0.129. The fourth-order valence-electron chi connectivity index (χ4n) is 3.19. The maximum absolute atomic E-state index is 11.9. The summed E-state index contributed by atoms with van der Waals surface area (Å²) < 4.78 is 0. The second kappa shape index (κ2) is 6.18. The summed E-state index contributed by atoms with van der Waals surface area (Å²) in [5, 5.41) is 0. The lowest BCUT2D eigenvalue weighted by Gasteiger charge is -2.28. The van der Waals surface area contributed by atoms with Gasteiger partial charge in [-0.3, -0.25) is 4.79 Å². The van der Waals surface area contributed by atoms with Crippen molar-refractivity contribution in [1.29, 1.82) is 0 Å². The maximum atomic E-state index is 11.9. The number of hydrogen-bond acceptors (Lipinski definition) is 3. The minimum atomic E-state index is 0.132. The number of pyridine rings is 1. The van der Waals surface area contributed by atoms with E-state index >= 15 is 0 Å². The second-order valence-electron chi connectivity index (χ2n) is 5.68. The molecule has 1 aromatic heterocycles. The average molecular weight is 295 g/mol. The predicted octanol–water partition coefficient (Wildman–Crippen LogP) is 3.53. The lowest BCUT2D eigenvalue weighted by Crippen LogP contribution is -2.29. The van der Waals surface area contributed by atoms with E-state index in [0.29, 0.717) is 0 Å². The topological polar surface area (TPSA) is 36.4 Å². The summed E-state index contributed by atoms with van der Waals surface area (Å²) in [7, 11) is 2.02. The number of likely N-dealkylation sites (tertiary alicyclic amines) is 1. The predicted molar refractivity (Wildman–Crippen MR) is 88.1 cm³/mol. The molecule has 1 amide bonds. The van der Waals surface area contributed by atoms with Crippen molar-refractivity contribution in [3.63, 3.8) is 0 Å². The zero-order valence-electron chi connectivity index (χ0n) is 13.1. The maximum Gasteiger partial charge on any atom is 0.219 e. The molecule has 1 fully saturated rings. The SMILES string of the molecule is CC(=O)N1CCC[C@H]1c1cccnc1N(C)c1ccccc1. The van der Waals surface area contributed by atoms with Crippen molar-refractivity contribution in [2.24, 2.45) is 0 Å². The monoisotopic (exact) mass is 295 g/mol. The van der Waals surface area contributed by atoms with Crippen molar-refractivity contribution in [3.8, 4) is 0 Å². The van der Waals surface area contributed by atoms with E-state index < -0.39 is 0 Å². The molecule has 4 heteroatoms. The van der Waals surface area contributed by atoms with Gasteiger partial charge in [-0.2, -0.15) is 0 Å². The number of hydrogen-bond donors (Lipinski definition) is 0. The normalized spacial score (nSPS) is 17.5. The highest BCUT2D eigenvalue weighted by Crippen LogP contribution is 2.37. The van der Waals surface area contributed by atoms with Gasteiger partial charge in [-0.15, -0.1) is 0 Å². The number of benzene rings is 1. The van der Waals surface area contributed by atoms with Crippen molar-refractivity contribution in [3.05, 3.63) is 54.2 Å². The second-order valence-corrected chi connectivity index (χ2v) is 5.68. The molecule has 114 valence electrons. The summed E-state index contributed by atoms with van der Waals surface area (Å²) >= 11 is 0. The molecule has 2 heterocycles. The molecule has 0 N–H and O–H groups in total. The third-order valence-electron chi connectivity index (χ3n) is 4.29. The van der Waals surface area contributed by atoms with E-state index in [0.717, 1.165) is 36.5 Å². The first-order valence-corrected chi connectivity index (χ1v) is 7.69. The zero-order chi connectivity index (χ0) is 15.5. The minimum Gasteiger partial charge on any atom is -0.336 e. The number of anilines is 2. The third kappa shape index (κ3) is 2.69. The Kier molecular flexibility index (Phi) is 4.09. The molecule has 0 saturated carbocycles. The van der Waals surface area contributed by atoms with Crippen molar-refractivity contribution in [2.45, 2.75) is 25.8 Å². The van der Waals surface area contributed by atoms with Gasteiger partial charge in [-0.25, -0.2) is 4.98 Å². The molecular weight excluding hydrogens is 274 g/mol. The van der Waals surface area contributed by atoms with Crippen LogP contribution in [0.5, 0.6) is 0 Å². The van der Waals surface area contributed by atoms with E-state index in [1.54, 1.807) is 6.92 Å². The number of nitrogens with zero attached hydrogens (tertiary/aromatic N) is 3. The number of aromatic nitrogens is 1. The van der Waals surface area contributed by atoms with Crippen LogP contribution in [-0.4, -0.2) is 29.4 Å². The van der Waals surface area contributed by atoms with Crippen molar-refractivity contribution < 1.29 is 4.79 Å². The van der Waals surface area contributed by atoms with Crippen LogP contribution in [-0.2, 0) is 4.79 Å². The van der Waals surface area contributed by atoms with Crippen LogP contribution in [0.4, 0.5) is 11.5 Å². The van der Waals surface area contributed by atoms with Gasteiger partial charge in [0.1, 0.15) is 5.82 Å².